The van der Waals surface area contributed by atoms with E-state index in [0.717, 1.165) is 16.7 Å². The Kier molecular flexibility index (Phi) is 2.33. The van der Waals surface area contributed by atoms with Crippen molar-refractivity contribution in [3.8, 4) is 0 Å². The van der Waals surface area contributed by atoms with Gasteiger partial charge in [-0.3, -0.25) is 4.57 Å². The number of hydrogen-bond acceptors (Lipinski definition) is 2. The third-order valence-electron chi connectivity index (χ3n) is 3.40. The smallest absolute Gasteiger partial charge is 0.369 e. The fourth-order valence-corrected chi connectivity index (χ4v) is 2.45. The number of nitrogen functional groups attached to an aromatic ring is 1. The zero-order valence-electron chi connectivity index (χ0n) is 9.43. The minimum absolute atomic E-state index is 0.0647. The van der Waals surface area contributed by atoms with Gasteiger partial charge in [0, 0.05) is 6.07 Å². The molecular formula is C11H8ClF4N3. The molecule has 1 aliphatic carbocycles. The maximum absolute atomic E-state index is 13.3. The van der Waals surface area contributed by atoms with E-state index in [9.17, 15) is 17.6 Å². The Morgan fingerprint density at radius 2 is 1.95 bits per heavy atom. The summed E-state index contributed by atoms with van der Waals surface area (Å²) in [4.78, 5) is 3.78. The second-order valence-corrected chi connectivity index (χ2v) is 5.00. The summed E-state index contributed by atoms with van der Waals surface area (Å²) in [5.41, 5.74) is 3.69. The third-order valence-corrected chi connectivity index (χ3v) is 3.69. The summed E-state index contributed by atoms with van der Waals surface area (Å²) in [5, 5.41) is -0.258. The Hall–Kier alpha value is -1.50. The Labute approximate surface area is 110 Å². The number of halogens is 5. The molecule has 2 aromatic rings. The molecule has 3 rings (SSSR count). The van der Waals surface area contributed by atoms with E-state index in [-0.39, 0.29) is 34.8 Å². The van der Waals surface area contributed by atoms with E-state index >= 15 is 0 Å². The van der Waals surface area contributed by atoms with Gasteiger partial charge in [-0.05, 0) is 18.9 Å². The standard InChI is InChI=1S/C11H8ClF4N3/c12-5-3-8-7(4-6(5)13)18-9(17)19(8)10(1-2-10)11(14,15)16/h3-4H,1-2H2,(H2,17,18). The van der Waals surface area contributed by atoms with E-state index in [1.165, 1.54) is 0 Å². The highest BCUT2D eigenvalue weighted by Gasteiger charge is 2.65. The Bertz CT molecular complexity index is 673. The van der Waals surface area contributed by atoms with Crippen LogP contribution < -0.4 is 5.73 Å². The molecule has 0 saturated heterocycles. The molecule has 0 bridgehead atoms. The summed E-state index contributed by atoms with van der Waals surface area (Å²) in [5.74, 6) is -1.03. The van der Waals surface area contributed by atoms with Gasteiger partial charge in [-0.1, -0.05) is 11.6 Å². The summed E-state index contributed by atoms with van der Waals surface area (Å²) in [6.45, 7) is 0. The van der Waals surface area contributed by atoms with Crippen molar-refractivity contribution in [3.63, 3.8) is 0 Å². The number of alkyl halides is 3. The summed E-state index contributed by atoms with van der Waals surface area (Å²) >= 11 is 5.62. The zero-order valence-corrected chi connectivity index (χ0v) is 10.2. The van der Waals surface area contributed by atoms with Crippen LogP contribution in [0.3, 0.4) is 0 Å². The van der Waals surface area contributed by atoms with Crippen molar-refractivity contribution in [3.05, 3.63) is 23.0 Å². The van der Waals surface area contributed by atoms with Crippen LogP contribution in [0.1, 0.15) is 12.8 Å². The molecule has 1 aliphatic rings. The number of anilines is 1. The lowest BCUT2D eigenvalue weighted by molar-refractivity contribution is -0.178. The number of fused-ring (bicyclic) bond motifs is 1. The monoisotopic (exact) mass is 293 g/mol. The molecule has 0 aliphatic heterocycles. The summed E-state index contributed by atoms with van der Waals surface area (Å²) in [7, 11) is 0. The second kappa shape index (κ2) is 3.53. The van der Waals surface area contributed by atoms with Crippen molar-refractivity contribution in [1.82, 2.24) is 9.55 Å². The van der Waals surface area contributed by atoms with Gasteiger partial charge in [-0.15, -0.1) is 0 Å². The molecule has 8 heteroatoms. The van der Waals surface area contributed by atoms with Crippen LogP contribution in [0.5, 0.6) is 0 Å². The van der Waals surface area contributed by atoms with Gasteiger partial charge in [-0.2, -0.15) is 13.2 Å². The van der Waals surface area contributed by atoms with Gasteiger partial charge in [0.15, 0.2) is 0 Å². The summed E-state index contributed by atoms with van der Waals surface area (Å²) in [6, 6.07) is 2.11. The normalized spacial score (nSPS) is 17.9. The Balaban J connectivity index is 2.31. The van der Waals surface area contributed by atoms with Crippen molar-refractivity contribution >= 4 is 28.6 Å². The molecule has 1 fully saturated rings. The van der Waals surface area contributed by atoms with Crippen molar-refractivity contribution < 1.29 is 17.6 Å². The third kappa shape index (κ3) is 1.60. The number of aromatic nitrogens is 2. The van der Waals surface area contributed by atoms with Gasteiger partial charge in [0.05, 0.1) is 16.1 Å². The maximum Gasteiger partial charge on any atom is 0.412 e. The molecule has 0 spiro atoms. The molecule has 1 saturated carbocycles. The highest BCUT2D eigenvalue weighted by atomic mass is 35.5. The minimum atomic E-state index is -4.43. The first-order valence-electron chi connectivity index (χ1n) is 5.46. The van der Waals surface area contributed by atoms with Crippen molar-refractivity contribution in [2.24, 2.45) is 0 Å². The van der Waals surface area contributed by atoms with E-state index in [1.54, 1.807) is 0 Å². The van der Waals surface area contributed by atoms with Crippen LogP contribution in [0.25, 0.3) is 11.0 Å². The first kappa shape index (κ1) is 12.5. The molecule has 19 heavy (non-hydrogen) atoms. The van der Waals surface area contributed by atoms with Crippen LogP contribution in [-0.4, -0.2) is 15.7 Å². The minimum Gasteiger partial charge on any atom is -0.369 e. The number of benzene rings is 1. The van der Waals surface area contributed by atoms with Gasteiger partial charge in [-0.25, -0.2) is 9.37 Å². The molecule has 0 radical (unpaired) electrons. The number of rotatable bonds is 1. The second-order valence-electron chi connectivity index (χ2n) is 4.59. The number of nitrogens with two attached hydrogens (primary N) is 1. The van der Waals surface area contributed by atoms with Gasteiger partial charge in [0.25, 0.3) is 0 Å². The molecule has 0 atom stereocenters. The molecule has 102 valence electrons. The molecule has 1 aromatic heterocycles. The molecule has 1 heterocycles. The largest absolute Gasteiger partial charge is 0.412 e. The zero-order chi connectivity index (χ0) is 14.0. The topological polar surface area (TPSA) is 43.8 Å². The van der Waals surface area contributed by atoms with Crippen molar-refractivity contribution in [2.45, 2.75) is 24.6 Å². The van der Waals surface area contributed by atoms with Gasteiger partial charge < -0.3 is 5.73 Å². The highest BCUT2D eigenvalue weighted by molar-refractivity contribution is 6.31. The average Bonchev–Trinajstić information content (AvgIpc) is 3.01. The molecule has 0 amide bonds. The van der Waals surface area contributed by atoms with Crippen molar-refractivity contribution in [1.29, 1.82) is 0 Å². The molecular weight excluding hydrogens is 286 g/mol. The maximum atomic E-state index is 13.3. The fourth-order valence-electron chi connectivity index (χ4n) is 2.29. The number of nitrogens with zero attached hydrogens (tertiary/aromatic N) is 2. The van der Waals surface area contributed by atoms with Crippen LogP contribution in [0.2, 0.25) is 5.02 Å². The average molecular weight is 294 g/mol. The van der Waals surface area contributed by atoms with Gasteiger partial charge in [0.1, 0.15) is 11.4 Å². The molecule has 0 unspecified atom stereocenters. The van der Waals surface area contributed by atoms with Crippen LogP contribution in [-0.2, 0) is 5.54 Å². The molecule has 1 aromatic carbocycles. The van der Waals surface area contributed by atoms with E-state index in [2.05, 4.69) is 4.98 Å². The molecule has 2 N–H and O–H groups in total. The first-order chi connectivity index (χ1) is 8.76. The van der Waals surface area contributed by atoms with Gasteiger partial charge in [0.2, 0.25) is 5.95 Å². The Morgan fingerprint density at radius 3 is 2.47 bits per heavy atom. The predicted octanol–water partition coefficient (Wildman–Crippen LogP) is 3.46. The lowest BCUT2D eigenvalue weighted by Gasteiger charge is -2.22. The lowest BCUT2D eigenvalue weighted by Crippen LogP contribution is -2.35. The quantitative estimate of drug-likeness (QED) is 0.818. The van der Waals surface area contributed by atoms with Crippen molar-refractivity contribution in [2.75, 3.05) is 5.73 Å². The SMILES string of the molecule is Nc1nc2cc(F)c(Cl)cc2n1C1(C(F)(F)F)CC1. The van der Waals surface area contributed by atoms with Crippen LogP contribution in [0.4, 0.5) is 23.5 Å². The van der Waals surface area contributed by atoms with E-state index < -0.39 is 17.5 Å². The summed E-state index contributed by atoms with van der Waals surface area (Å²) < 4.78 is 53.6. The fraction of sp³-hybridized carbons (Fsp3) is 0.364. The van der Waals surface area contributed by atoms with Crippen LogP contribution >= 0.6 is 11.6 Å². The van der Waals surface area contributed by atoms with Crippen LogP contribution in [0.15, 0.2) is 12.1 Å². The van der Waals surface area contributed by atoms with E-state index in [1.807, 2.05) is 0 Å². The Morgan fingerprint density at radius 1 is 1.32 bits per heavy atom. The summed E-state index contributed by atoms with van der Waals surface area (Å²) in [6.07, 6.45) is -4.57. The van der Waals surface area contributed by atoms with Crippen LogP contribution in [0, 0.1) is 5.82 Å². The first-order valence-corrected chi connectivity index (χ1v) is 5.84. The number of hydrogen-bond donors (Lipinski definition) is 1. The molecule has 3 nitrogen and oxygen atoms in total. The number of imidazole rings is 1. The van der Waals surface area contributed by atoms with E-state index in [0.29, 0.717) is 0 Å². The highest BCUT2D eigenvalue weighted by Crippen LogP contribution is 2.57. The lowest BCUT2D eigenvalue weighted by atomic mass is 10.2. The predicted molar refractivity (Wildman–Crippen MR) is 62.4 cm³/mol. The van der Waals surface area contributed by atoms with E-state index in [4.69, 9.17) is 17.3 Å². The van der Waals surface area contributed by atoms with Gasteiger partial charge >= 0.3 is 6.18 Å².